The van der Waals surface area contributed by atoms with Crippen LogP contribution >= 0.6 is 0 Å². The second-order valence-electron chi connectivity index (χ2n) is 6.26. The van der Waals surface area contributed by atoms with Gasteiger partial charge in [0.15, 0.2) is 5.78 Å². The number of hydrogen-bond donors (Lipinski definition) is 1. The summed E-state index contributed by atoms with van der Waals surface area (Å²) in [6, 6.07) is 7.48. The largest absolute Gasteiger partial charge is 0.481 e. The number of fused-ring (bicyclic) bond motifs is 1. The van der Waals surface area contributed by atoms with E-state index >= 15 is 0 Å². The number of para-hydroxylation sites is 1. The molecule has 6 heteroatoms. The number of ketones is 1. The van der Waals surface area contributed by atoms with E-state index in [1.165, 1.54) is 6.92 Å². The molecule has 1 aromatic heterocycles. The Kier molecular flexibility index (Phi) is 4.38. The third-order valence-electron chi connectivity index (χ3n) is 4.60. The van der Waals surface area contributed by atoms with Gasteiger partial charge in [0.2, 0.25) is 5.91 Å². The summed E-state index contributed by atoms with van der Waals surface area (Å²) in [5, 5.41) is 9.99. The summed E-state index contributed by atoms with van der Waals surface area (Å²) in [4.78, 5) is 37.2. The zero-order valence-corrected chi connectivity index (χ0v) is 13.6. The summed E-state index contributed by atoms with van der Waals surface area (Å²) >= 11 is 0. The number of amides is 1. The lowest BCUT2D eigenvalue weighted by Crippen LogP contribution is -2.43. The van der Waals surface area contributed by atoms with Crippen molar-refractivity contribution in [3.8, 4) is 0 Å². The van der Waals surface area contributed by atoms with Crippen molar-refractivity contribution in [2.24, 2.45) is 5.92 Å². The van der Waals surface area contributed by atoms with E-state index in [-0.39, 0.29) is 24.8 Å². The molecule has 1 N–H and O–H groups in total. The molecule has 1 aliphatic heterocycles. The van der Waals surface area contributed by atoms with E-state index in [0.717, 1.165) is 10.9 Å². The molecule has 126 valence electrons. The van der Waals surface area contributed by atoms with Crippen LogP contribution in [0.3, 0.4) is 0 Å². The molecule has 0 spiro atoms. The Bertz CT molecular complexity index is 808. The van der Waals surface area contributed by atoms with Crippen molar-refractivity contribution < 1.29 is 19.5 Å². The lowest BCUT2D eigenvalue weighted by molar-refractivity contribution is -0.145. The first-order valence-electron chi connectivity index (χ1n) is 8.06. The lowest BCUT2D eigenvalue weighted by Gasteiger charge is -2.30. The molecular formula is C18H20N2O4. The van der Waals surface area contributed by atoms with Gasteiger partial charge >= 0.3 is 5.97 Å². The highest BCUT2D eigenvalue weighted by Gasteiger charge is 2.28. The van der Waals surface area contributed by atoms with Crippen LogP contribution in [0.4, 0.5) is 0 Å². The second kappa shape index (κ2) is 6.47. The Balaban J connectivity index is 1.83. The van der Waals surface area contributed by atoms with Gasteiger partial charge in [0.1, 0.15) is 6.54 Å². The van der Waals surface area contributed by atoms with Crippen LogP contribution in [-0.2, 0) is 16.1 Å². The maximum Gasteiger partial charge on any atom is 0.308 e. The summed E-state index contributed by atoms with van der Waals surface area (Å²) in [7, 11) is 0. The van der Waals surface area contributed by atoms with Crippen molar-refractivity contribution in [2.75, 3.05) is 13.1 Å². The summed E-state index contributed by atoms with van der Waals surface area (Å²) in [6.07, 6.45) is 3.03. The number of hydrogen-bond acceptors (Lipinski definition) is 3. The molecule has 0 aliphatic carbocycles. The van der Waals surface area contributed by atoms with Crippen LogP contribution in [0.1, 0.15) is 30.1 Å². The maximum atomic E-state index is 12.6. The molecule has 0 radical (unpaired) electrons. The van der Waals surface area contributed by atoms with Gasteiger partial charge in [-0.25, -0.2) is 0 Å². The average Bonchev–Trinajstić information content (AvgIpc) is 2.94. The highest BCUT2D eigenvalue weighted by molar-refractivity contribution is 6.07. The Morgan fingerprint density at radius 2 is 2.00 bits per heavy atom. The zero-order chi connectivity index (χ0) is 17.3. The highest BCUT2D eigenvalue weighted by Crippen LogP contribution is 2.23. The fraction of sp³-hybridized carbons (Fsp3) is 0.389. The van der Waals surface area contributed by atoms with Crippen molar-refractivity contribution in [3.63, 3.8) is 0 Å². The number of benzene rings is 1. The average molecular weight is 328 g/mol. The van der Waals surface area contributed by atoms with E-state index in [9.17, 15) is 14.4 Å². The summed E-state index contributed by atoms with van der Waals surface area (Å²) < 4.78 is 1.78. The molecule has 1 atom stereocenters. The van der Waals surface area contributed by atoms with Crippen LogP contribution in [0.2, 0.25) is 0 Å². The standard InChI is InChI=1S/C18H20N2O4/c1-12(21)15-10-20(16-7-3-2-6-14(15)16)11-17(22)19-8-4-5-13(9-19)18(23)24/h2-3,6-7,10,13H,4-5,8-9,11H2,1H3,(H,23,24)/t13-/m1/s1. The van der Waals surface area contributed by atoms with Gasteiger partial charge in [-0.05, 0) is 25.8 Å². The van der Waals surface area contributed by atoms with E-state index in [0.29, 0.717) is 24.9 Å². The van der Waals surface area contributed by atoms with Crippen LogP contribution in [0.25, 0.3) is 10.9 Å². The minimum Gasteiger partial charge on any atom is -0.481 e. The molecule has 0 saturated carbocycles. The monoisotopic (exact) mass is 328 g/mol. The van der Waals surface area contributed by atoms with Crippen LogP contribution in [0.5, 0.6) is 0 Å². The third kappa shape index (κ3) is 3.04. The van der Waals surface area contributed by atoms with Gasteiger partial charge in [0.25, 0.3) is 0 Å². The number of likely N-dealkylation sites (tertiary alicyclic amines) is 1. The predicted octanol–water partition coefficient (Wildman–Crippen LogP) is 2.17. The van der Waals surface area contributed by atoms with Crippen molar-refractivity contribution >= 4 is 28.6 Å². The Morgan fingerprint density at radius 1 is 1.25 bits per heavy atom. The van der Waals surface area contributed by atoms with Gasteiger partial charge in [-0.15, -0.1) is 0 Å². The minimum atomic E-state index is -0.849. The second-order valence-corrected chi connectivity index (χ2v) is 6.26. The molecule has 1 saturated heterocycles. The summed E-state index contributed by atoms with van der Waals surface area (Å²) in [5.74, 6) is -1.49. The molecule has 0 unspecified atom stereocenters. The number of carboxylic acids is 1. The molecular weight excluding hydrogens is 308 g/mol. The molecule has 1 amide bonds. The smallest absolute Gasteiger partial charge is 0.308 e. The Labute approximate surface area is 139 Å². The number of carbonyl (C=O) groups excluding carboxylic acids is 2. The first kappa shape index (κ1) is 16.2. The first-order chi connectivity index (χ1) is 11.5. The predicted molar refractivity (Wildman–Crippen MR) is 88.9 cm³/mol. The normalized spacial score (nSPS) is 17.9. The molecule has 1 aliphatic rings. The number of aliphatic carboxylic acids is 1. The van der Waals surface area contributed by atoms with Crippen molar-refractivity contribution in [3.05, 3.63) is 36.0 Å². The van der Waals surface area contributed by atoms with Crippen molar-refractivity contribution in [1.29, 1.82) is 0 Å². The number of nitrogens with zero attached hydrogens (tertiary/aromatic N) is 2. The van der Waals surface area contributed by atoms with Crippen LogP contribution in [-0.4, -0.2) is 45.3 Å². The van der Waals surface area contributed by atoms with Gasteiger partial charge in [0, 0.05) is 35.8 Å². The number of aromatic nitrogens is 1. The van der Waals surface area contributed by atoms with Gasteiger partial charge in [-0.1, -0.05) is 18.2 Å². The SMILES string of the molecule is CC(=O)c1cn(CC(=O)N2CCC[C@@H](C(=O)O)C2)c2ccccc12. The Hall–Kier alpha value is -2.63. The molecule has 3 rings (SSSR count). The zero-order valence-electron chi connectivity index (χ0n) is 13.6. The molecule has 1 fully saturated rings. The van der Waals surface area contributed by atoms with Crippen LogP contribution in [0.15, 0.2) is 30.5 Å². The van der Waals surface area contributed by atoms with E-state index in [1.807, 2.05) is 24.3 Å². The molecule has 0 bridgehead atoms. The molecule has 2 heterocycles. The number of carbonyl (C=O) groups is 3. The van der Waals surface area contributed by atoms with Gasteiger partial charge < -0.3 is 14.6 Å². The highest BCUT2D eigenvalue weighted by atomic mass is 16.4. The minimum absolute atomic E-state index is 0.0405. The molecule has 2 aromatic rings. The number of rotatable bonds is 4. The van der Waals surface area contributed by atoms with E-state index < -0.39 is 11.9 Å². The third-order valence-corrected chi connectivity index (χ3v) is 4.60. The van der Waals surface area contributed by atoms with Crippen molar-refractivity contribution in [2.45, 2.75) is 26.3 Å². The van der Waals surface area contributed by atoms with E-state index in [2.05, 4.69) is 0 Å². The number of carboxylic acid groups (broad SMARTS) is 1. The van der Waals surface area contributed by atoms with Crippen LogP contribution in [0, 0.1) is 5.92 Å². The quantitative estimate of drug-likeness (QED) is 0.872. The van der Waals surface area contributed by atoms with Gasteiger partial charge in [-0.3, -0.25) is 14.4 Å². The topological polar surface area (TPSA) is 79.6 Å². The number of Topliss-reactive ketones (excluding diaryl/α,β-unsaturated/α-hetero) is 1. The first-order valence-corrected chi connectivity index (χ1v) is 8.06. The van der Waals surface area contributed by atoms with Crippen LogP contribution < -0.4 is 0 Å². The molecule has 24 heavy (non-hydrogen) atoms. The van der Waals surface area contributed by atoms with Gasteiger partial charge in [-0.2, -0.15) is 0 Å². The van der Waals surface area contributed by atoms with Crippen molar-refractivity contribution in [1.82, 2.24) is 9.47 Å². The molecule has 6 nitrogen and oxygen atoms in total. The van der Waals surface area contributed by atoms with E-state index in [1.54, 1.807) is 15.7 Å². The van der Waals surface area contributed by atoms with Gasteiger partial charge in [0.05, 0.1) is 5.92 Å². The fourth-order valence-corrected chi connectivity index (χ4v) is 3.31. The maximum absolute atomic E-state index is 12.6. The lowest BCUT2D eigenvalue weighted by atomic mass is 9.98. The summed E-state index contributed by atoms with van der Waals surface area (Å²) in [5.41, 5.74) is 1.43. The number of piperidine rings is 1. The molecule has 1 aromatic carbocycles. The Morgan fingerprint density at radius 3 is 2.71 bits per heavy atom. The fourth-order valence-electron chi connectivity index (χ4n) is 3.31. The summed E-state index contributed by atoms with van der Waals surface area (Å²) in [6.45, 7) is 2.46. The van der Waals surface area contributed by atoms with E-state index in [4.69, 9.17) is 5.11 Å².